The van der Waals surface area contributed by atoms with Gasteiger partial charge in [-0.25, -0.2) is 4.39 Å². The summed E-state index contributed by atoms with van der Waals surface area (Å²) in [4.78, 5) is 29.8. The fourth-order valence-electron chi connectivity index (χ4n) is 3.72. The van der Waals surface area contributed by atoms with E-state index in [0.717, 1.165) is 17.7 Å². The van der Waals surface area contributed by atoms with Crippen molar-refractivity contribution in [2.75, 3.05) is 11.9 Å². The molecule has 0 saturated heterocycles. The van der Waals surface area contributed by atoms with E-state index in [0.29, 0.717) is 34.5 Å². The minimum atomic E-state index is -0.393. The number of thioether (sulfide) groups is 1. The lowest BCUT2D eigenvalue weighted by Crippen LogP contribution is -2.33. The monoisotopic (exact) mass is 453 g/mol. The average molecular weight is 454 g/mol. The second-order valence-corrected chi connectivity index (χ2v) is 8.57. The van der Waals surface area contributed by atoms with Crippen molar-refractivity contribution in [3.63, 3.8) is 0 Å². The largest absolute Gasteiger partial charge is 0.494 e. The van der Waals surface area contributed by atoms with Crippen LogP contribution in [0.15, 0.2) is 58.5 Å². The first kappa shape index (κ1) is 22.1. The maximum Gasteiger partial charge on any atom is 0.279 e. The summed E-state index contributed by atoms with van der Waals surface area (Å²) in [5.74, 6) is 0.650. The number of halogens is 1. The maximum absolute atomic E-state index is 14.0. The fourth-order valence-corrected chi connectivity index (χ4v) is 4.67. The van der Waals surface area contributed by atoms with Crippen LogP contribution in [-0.4, -0.2) is 22.1 Å². The van der Waals surface area contributed by atoms with Crippen molar-refractivity contribution in [2.45, 2.75) is 36.6 Å². The Bertz CT molecular complexity index is 1190. The first-order chi connectivity index (χ1) is 15.5. The van der Waals surface area contributed by atoms with Crippen LogP contribution in [0.5, 0.6) is 5.75 Å². The van der Waals surface area contributed by atoms with Crippen LogP contribution in [0.4, 0.5) is 10.2 Å². The zero-order valence-electron chi connectivity index (χ0n) is 17.9. The van der Waals surface area contributed by atoms with Gasteiger partial charge in [-0.1, -0.05) is 49.0 Å². The number of hydrogen-bond donors (Lipinski definition) is 1. The predicted octanol–water partition coefficient (Wildman–Crippen LogP) is 4.47. The fraction of sp³-hybridized carbons (Fsp3) is 0.292. The van der Waals surface area contributed by atoms with Crippen molar-refractivity contribution in [3.05, 3.63) is 81.4 Å². The molecule has 0 spiro atoms. The number of nitrogens with zero attached hydrogens (tertiary/aromatic N) is 2. The van der Waals surface area contributed by atoms with Crippen molar-refractivity contribution >= 4 is 23.5 Å². The number of carbonyl (C=O) groups is 1. The first-order valence-electron chi connectivity index (χ1n) is 10.5. The molecule has 0 fully saturated rings. The number of fused-ring (bicyclic) bond motifs is 1. The van der Waals surface area contributed by atoms with Crippen molar-refractivity contribution in [3.8, 4) is 5.75 Å². The summed E-state index contributed by atoms with van der Waals surface area (Å²) in [6.07, 6.45) is 1.08. The van der Waals surface area contributed by atoms with E-state index in [9.17, 15) is 14.0 Å². The Balaban J connectivity index is 1.65. The Morgan fingerprint density at radius 3 is 2.66 bits per heavy atom. The summed E-state index contributed by atoms with van der Waals surface area (Å²) in [6, 6.07) is 14.0. The molecular formula is C24H24FN3O3S. The summed E-state index contributed by atoms with van der Waals surface area (Å²) in [6.45, 7) is 2.67. The van der Waals surface area contributed by atoms with E-state index in [1.807, 2.05) is 31.2 Å². The summed E-state index contributed by atoms with van der Waals surface area (Å²) in [5, 5.41) is 3.25. The standard InChI is InChI=1S/C24H24FN3O3S/c1-3-12-31-17-10-8-15(9-11-17)18-13-20(29)26-22-21(18)23(30)27-24(28(22)2)32-14-16-6-4-5-7-19(16)25/h4-11,18H,3,12-14H2,1-2H3,(H,26,29)/t18-/m1/s1. The van der Waals surface area contributed by atoms with Gasteiger partial charge in [0, 0.05) is 25.1 Å². The zero-order chi connectivity index (χ0) is 22.7. The molecule has 2 heterocycles. The lowest BCUT2D eigenvalue weighted by atomic mass is 9.87. The van der Waals surface area contributed by atoms with Crippen LogP contribution < -0.4 is 15.6 Å². The molecule has 1 aliphatic heterocycles. The Hall–Kier alpha value is -3.13. The number of benzene rings is 2. The summed E-state index contributed by atoms with van der Waals surface area (Å²) in [7, 11) is 1.75. The van der Waals surface area contributed by atoms with Gasteiger partial charge in [-0.15, -0.1) is 0 Å². The van der Waals surface area contributed by atoms with Crippen molar-refractivity contribution in [1.29, 1.82) is 0 Å². The van der Waals surface area contributed by atoms with Gasteiger partial charge in [0.25, 0.3) is 5.56 Å². The predicted molar refractivity (Wildman–Crippen MR) is 123 cm³/mol. The van der Waals surface area contributed by atoms with Crippen LogP contribution in [0.1, 0.15) is 42.4 Å². The normalized spacial score (nSPS) is 15.2. The average Bonchev–Trinajstić information content (AvgIpc) is 2.79. The molecule has 0 bridgehead atoms. The Morgan fingerprint density at radius 2 is 1.94 bits per heavy atom. The van der Waals surface area contributed by atoms with E-state index in [1.54, 1.807) is 29.8 Å². The Morgan fingerprint density at radius 1 is 1.19 bits per heavy atom. The van der Waals surface area contributed by atoms with Crippen LogP contribution in [0.3, 0.4) is 0 Å². The molecule has 1 aliphatic rings. The zero-order valence-corrected chi connectivity index (χ0v) is 18.7. The molecule has 0 aliphatic carbocycles. The Kier molecular flexibility index (Phi) is 6.60. The van der Waals surface area contributed by atoms with E-state index in [2.05, 4.69) is 10.3 Å². The van der Waals surface area contributed by atoms with Crippen molar-refractivity contribution in [2.24, 2.45) is 7.05 Å². The third kappa shape index (κ3) is 4.55. The smallest absolute Gasteiger partial charge is 0.279 e. The second-order valence-electron chi connectivity index (χ2n) is 7.62. The van der Waals surface area contributed by atoms with Crippen LogP contribution >= 0.6 is 11.8 Å². The number of anilines is 1. The van der Waals surface area contributed by atoms with E-state index in [1.165, 1.54) is 17.8 Å². The van der Waals surface area contributed by atoms with Gasteiger partial charge in [-0.2, -0.15) is 4.98 Å². The Labute approximate surface area is 189 Å². The number of aromatic nitrogens is 2. The van der Waals surface area contributed by atoms with Gasteiger partial charge in [0.15, 0.2) is 5.16 Å². The highest BCUT2D eigenvalue weighted by Crippen LogP contribution is 2.36. The van der Waals surface area contributed by atoms with Gasteiger partial charge in [0.1, 0.15) is 17.4 Å². The van der Waals surface area contributed by atoms with E-state index in [-0.39, 0.29) is 23.7 Å². The third-order valence-corrected chi connectivity index (χ3v) is 6.45. The number of carbonyl (C=O) groups excluding carboxylic acids is 1. The molecule has 2 aromatic carbocycles. The van der Waals surface area contributed by atoms with E-state index >= 15 is 0 Å². The van der Waals surface area contributed by atoms with Crippen LogP contribution in [0, 0.1) is 5.82 Å². The molecule has 0 radical (unpaired) electrons. The van der Waals surface area contributed by atoms with E-state index in [4.69, 9.17) is 4.74 Å². The topological polar surface area (TPSA) is 73.2 Å². The number of ether oxygens (including phenoxy) is 1. The minimum absolute atomic E-state index is 0.167. The molecule has 1 atom stereocenters. The number of hydrogen-bond acceptors (Lipinski definition) is 5. The molecular weight excluding hydrogens is 429 g/mol. The maximum atomic E-state index is 14.0. The van der Waals surface area contributed by atoms with Crippen molar-refractivity contribution < 1.29 is 13.9 Å². The van der Waals surface area contributed by atoms with Crippen molar-refractivity contribution in [1.82, 2.24) is 9.55 Å². The number of nitrogens with one attached hydrogen (secondary N) is 1. The molecule has 0 saturated carbocycles. The molecule has 1 aromatic heterocycles. The molecule has 8 heteroatoms. The van der Waals surface area contributed by atoms with Gasteiger partial charge < -0.3 is 14.6 Å². The lowest BCUT2D eigenvalue weighted by molar-refractivity contribution is -0.116. The SMILES string of the molecule is CCCOc1ccc([C@H]2CC(=O)Nc3c2c(=O)nc(SCc2ccccc2F)n3C)cc1. The lowest BCUT2D eigenvalue weighted by Gasteiger charge is -2.27. The van der Waals surface area contributed by atoms with Gasteiger partial charge >= 0.3 is 0 Å². The number of rotatable bonds is 7. The minimum Gasteiger partial charge on any atom is -0.494 e. The highest BCUT2D eigenvalue weighted by molar-refractivity contribution is 7.98. The van der Waals surface area contributed by atoms with Crippen LogP contribution in [0.2, 0.25) is 0 Å². The van der Waals surface area contributed by atoms with Gasteiger partial charge in [-0.3, -0.25) is 9.59 Å². The highest BCUT2D eigenvalue weighted by Gasteiger charge is 2.32. The summed E-state index contributed by atoms with van der Waals surface area (Å²) >= 11 is 1.25. The molecule has 3 aromatic rings. The van der Waals surface area contributed by atoms with Crippen LogP contribution in [0.25, 0.3) is 0 Å². The molecule has 4 rings (SSSR count). The third-order valence-electron chi connectivity index (χ3n) is 5.37. The molecule has 1 amide bonds. The molecule has 166 valence electrons. The summed E-state index contributed by atoms with van der Waals surface area (Å²) < 4.78 is 21.3. The highest BCUT2D eigenvalue weighted by atomic mass is 32.2. The molecule has 0 unspecified atom stereocenters. The quantitative estimate of drug-likeness (QED) is 0.422. The van der Waals surface area contributed by atoms with Gasteiger partial charge in [-0.05, 0) is 35.7 Å². The van der Waals surface area contributed by atoms with Gasteiger partial charge in [0.05, 0.1) is 12.2 Å². The number of amides is 1. The van der Waals surface area contributed by atoms with Gasteiger partial charge in [0.2, 0.25) is 5.91 Å². The van der Waals surface area contributed by atoms with Crippen LogP contribution in [-0.2, 0) is 17.6 Å². The first-order valence-corrected chi connectivity index (χ1v) is 11.5. The summed E-state index contributed by atoms with van der Waals surface area (Å²) in [5.41, 5.74) is 1.46. The molecule has 32 heavy (non-hydrogen) atoms. The molecule has 1 N–H and O–H groups in total. The second kappa shape index (κ2) is 9.56. The molecule has 6 nitrogen and oxygen atoms in total. The van der Waals surface area contributed by atoms with E-state index < -0.39 is 5.92 Å².